The lowest BCUT2D eigenvalue weighted by Crippen LogP contribution is -2.53. The average molecular weight is 511 g/mol. The average Bonchev–Trinajstić information content (AvgIpc) is 3.16. The number of rotatable bonds is 9. The van der Waals surface area contributed by atoms with E-state index in [-0.39, 0.29) is 41.2 Å². The van der Waals surface area contributed by atoms with Crippen molar-refractivity contribution in [2.75, 3.05) is 19.7 Å². The number of alkyl halides is 3. The van der Waals surface area contributed by atoms with Crippen molar-refractivity contribution in [1.29, 1.82) is 0 Å². The lowest BCUT2D eigenvalue weighted by atomic mass is 9.97. The van der Waals surface area contributed by atoms with E-state index >= 15 is 0 Å². The molecule has 3 amide bonds. The van der Waals surface area contributed by atoms with Gasteiger partial charge in [-0.05, 0) is 54.4 Å². The van der Waals surface area contributed by atoms with Gasteiger partial charge in [-0.25, -0.2) is 0 Å². The number of carbonyl (C=O) groups is 4. The molecule has 2 N–H and O–H groups in total. The molecule has 1 aromatic rings. The molecule has 2 aliphatic heterocycles. The van der Waals surface area contributed by atoms with Crippen LogP contribution in [0.3, 0.4) is 0 Å². The standard InChI is InChI=1S/C24H28F3N3O6/c1-23(2)17-10-30(18(32)12-35-15-3-5-16(6-4-15)36-24(25,26)27)20(19(17)23)22(34)29-14(11-31)9-13-7-8-28-21(13)33/h3-6,11,13-14,17,19-20H,7-10,12H2,1-2H3,(H,28,33)(H,29,34)/t13-,14-,17-,19-,20?/m0/s1. The number of halogens is 3. The number of hydrogen-bond acceptors (Lipinski definition) is 6. The van der Waals surface area contributed by atoms with Gasteiger partial charge < -0.3 is 29.8 Å². The minimum absolute atomic E-state index is 0.0812. The Bertz CT molecular complexity index is 1030. The van der Waals surface area contributed by atoms with Gasteiger partial charge in [-0.3, -0.25) is 14.4 Å². The number of amides is 3. The summed E-state index contributed by atoms with van der Waals surface area (Å²) in [6.45, 7) is 4.51. The molecule has 0 radical (unpaired) electrons. The Hall–Kier alpha value is -3.31. The number of nitrogens with one attached hydrogen (secondary N) is 2. The zero-order valence-corrected chi connectivity index (χ0v) is 19.8. The van der Waals surface area contributed by atoms with Crippen LogP contribution in [0.25, 0.3) is 0 Å². The van der Waals surface area contributed by atoms with Gasteiger partial charge in [0.15, 0.2) is 6.61 Å². The van der Waals surface area contributed by atoms with Crippen molar-refractivity contribution >= 4 is 24.0 Å². The van der Waals surface area contributed by atoms with Gasteiger partial charge in [-0.2, -0.15) is 0 Å². The summed E-state index contributed by atoms with van der Waals surface area (Å²) in [5, 5.41) is 5.41. The van der Waals surface area contributed by atoms with Crippen LogP contribution < -0.4 is 20.1 Å². The molecule has 196 valence electrons. The lowest BCUT2D eigenvalue weighted by molar-refractivity contribution is -0.274. The van der Waals surface area contributed by atoms with Crippen LogP contribution in [0, 0.1) is 23.2 Å². The summed E-state index contributed by atoms with van der Waals surface area (Å²) in [6, 6.07) is 3.00. The van der Waals surface area contributed by atoms with E-state index in [1.807, 2.05) is 13.8 Å². The molecule has 3 aliphatic rings. The third-order valence-electron chi connectivity index (χ3n) is 7.41. The van der Waals surface area contributed by atoms with Crippen LogP contribution in [0.15, 0.2) is 24.3 Å². The first kappa shape index (κ1) is 25.8. The van der Waals surface area contributed by atoms with Crippen molar-refractivity contribution in [3.05, 3.63) is 24.3 Å². The van der Waals surface area contributed by atoms with Gasteiger partial charge in [0.25, 0.3) is 5.91 Å². The Balaban J connectivity index is 1.37. The number of benzene rings is 1. The summed E-state index contributed by atoms with van der Waals surface area (Å²) in [7, 11) is 0. The first-order valence-electron chi connectivity index (χ1n) is 11.7. The van der Waals surface area contributed by atoms with Crippen molar-refractivity contribution < 1.29 is 41.8 Å². The van der Waals surface area contributed by atoms with E-state index in [2.05, 4.69) is 15.4 Å². The van der Waals surface area contributed by atoms with E-state index in [0.29, 0.717) is 25.8 Å². The Morgan fingerprint density at radius 3 is 2.50 bits per heavy atom. The number of piperidine rings is 1. The predicted molar refractivity (Wildman–Crippen MR) is 119 cm³/mol. The fourth-order valence-electron chi connectivity index (χ4n) is 5.40. The molecule has 4 rings (SSSR count). The van der Waals surface area contributed by atoms with Gasteiger partial charge in [-0.15, -0.1) is 13.2 Å². The summed E-state index contributed by atoms with van der Waals surface area (Å²) >= 11 is 0. The van der Waals surface area contributed by atoms with E-state index < -0.39 is 42.6 Å². The number of carbonyl (C=O) groups excluding carboxylic acids is 4. The molecule has 0 spiro atoms. The molecule has 5 atom stereocenters. The van der Waals surface area contributed by atoms with Crippen molar-refractivity contribution in [3.8, 4) is 11.5 Å². The van der Waals surface area contributed by atoms with Gasteiger partial charge in [0.1, 0.15) is 23.8 Å². The van der Waals surface area contributed by atoms with Crippen molar-refractivity contribution in [3.63, 3.8) is 0 Å². The predicted octanol–water partition coefficient (Wildman–Crippen LogP) is 1.66. The molecule has 1 unspecified atom stereocenters. The SMILES string of the molecule is CC1(C)[C@@H]2C(C(=O)N[C@H](C=O)C[C@@H]3CCNC3=O)N(C(=O)COc3ccc(OC(F)(F)F)cc3)C[C@@H]21. The van der Waals surface area contributed by atoms with Crippen LogP contribution in [-0.2, 0) is 19.2 Å². The maximum Gasteiger partial charge on any atom is 0.573 e. The first-order chi connectivity index (χ1) is 16.9. The minimum Gasteiger partial charge on any atom is -0.484 e. The molecule has 3 fully saturated rings. The van der Waals surface area contributed by atoms with Crippen LogP contribution in [0.5, 0.6) is 11.5 Å². The number of fused-ring (bicyclic) bond motifs is 1. The van der Waals surface area contributed by atoms with Gasteiger partial charge in [0.05, 0.1) is 6.04 Å². The number of ether oxygens (including phenoxy) is 2. The molecule has 1 saturated carbocycles. The highest BCUT2D eigenvalue weighted by atomic mass is 19.4. The Morgan fingerprint density at radius 1 is 1.25 bits per heavy atom. The van der Waals surface area contributed by atoms with Gasteiger partial charge >= 0.3 is 6.36 Å². The van der Waals surface area contributed by atoms with Gasteiger partial charge in [0.2, 0.25) is 11.8 Å². The normalized spacial score (nSPS) is 27.0. The van der Waals surface area contributed by atoms with Crippen LogP contribution in [0.2, 0.25) is 0 Å². The zero-order valence-electron chi connectivity index (χ0n) is 19.8. The molecular formula is C24H28F3N3O6. The molecule has 36 heavy (non-hydrogen) atoms. The summed E-state index contributed by atoms with van der Waals surface area (Å²) < 4.78 is 46.2. The van der Waals surface area contributed by atoms with Crippen LogP contribution in [0.4, 0.5) is 13.2 Å². The number of aldehydes is 1. The molecule has 0 aromatic heterocycles. The Labute approximate surface area is 205 Å². The smallest absolute Gasteiger partial charge is 0.484 e. The maximum absolute atomic E-state index is 13.2. The first-order valence-corrected chi connectivity index (χ1v) is 11.7. The second-order valence-corrected chi connectivity index (χ2v) is 10.0. The van der Waals surface area contributed by atoms with E-state index in [1.54, 1.807) is 0 Å². The van der Waals surface area contributed by atoms with Crippen LogP contribution in [0.1, 0.15) is 26.7 Å². The third kappa shape index (κ3) is 5.41. The fourth-order valence-corrected chi connectivity index (χ4v) is 5.40. The molecule has 2 saturated heterocycles. The summed E-state index contributed by atoms with van der Waals surface area (Å²) in [5.41, 5.74) is -0.143. The van der Waals surface area contributed by atoms with Crippen LogP contribution >= 0.6 is 0 Å². The Morgan fingerprint density at radius 2 is 1.92 bits per heavy atom. The molecule has 0 bridgehead atoms. The number of nitrogens with zero attached hydrogens (tertiary/aromatic N) is 1. The second-order valence-electron chi connectivity index (χ2n) is 10.0. The van der Waals surface area contributed by atoms with E-state index in [0.717, 1.165) is 12.1 Å². The molecular weight excluding hydrogens is 483 g/mol. The maximum atomic E-state index is 13.2. The molecule has 9 nitrogen and oxygen atoms in total. The quantitative estimate of drug-likeness (QED) is 0.488. The molecule has 2 heterocycles. The molecule has 1 aromatic carbocycles. The largest absolute Gasteiger partial charge is 0.573 e. The number of hydrogen-bond donors (Lipinski definition) is 2. The third-order valence-corrected chi connectivity index (χ3v) is 7.41. The monoisotopic (exact) mass is 511 g/mol. The van der Waals surface area contributed by atoms with E-state index in [1.165, 1.54) is 17.0 Å². The highest BCUT2D eigenvalue weighted by Gasteiger charge is 2.69. The minimum atomic E-state index is -4.81. The molecule has 12 heteroatoms. The van der Waals surface area contributed by atoms with Crippen molar-refractivity contribution in [2.45, 2.75) is 45.1 Å². The topological polar surface area (TPSA) is 114 Å². The van der Waals surface area contributed by atoms with Crippen molar-refractivity contribution in [2.24, 2.45) is 23.2 Å². The van der Waals surface area contributed by atoms with E-state index in [4.69, 9.17) is 4.74 Å². The Kier molecular flexibility index (Phi) is 6.89. The van der Waals surface area contributed by atoms with Gasteiger partial charge in [-0.1, -0.05) is 13.8 Å². The summed E-state index contributed by atoms with van der Waals surface area (Å²) in [6.07, 6.45) is -3.43. The summed E-state index contributed by atoms with van der Waals surface area (Å²) in [4.78, 5) is 51.1. The van der Waals surface area contributed by atoms with Gasteiger partial charge in [0, 0.05) is 19.0 Å². The summed E-state index contributed by atoms with van der Waals surface area (Å²) in [5.74, 6) is -1.62. The van der Waals surface area contributed by atoms with Crippen LogP contribution in [-0.4, -0.2) is 67.1 Å². The highest BCUT2D eigenvalue weighted by molar-refractivity contribution is 5.91. The number of likely N-dealkylation sites (tertiary alicyclic amines) is 1. The fraction of sp³-hybridized carbons (Fsp3) is 0.583. The zero-order chi connectivity index (χ0) is 26.3. The highest BCUT2D eigenvalue weighted by Crippen LogP contribution is 2.64. The molecule has 1 aliphatic carbocycles. The lowest BCUT2D eigenvalue weighted by Gasteiger charge is -2.31. The second kappa shape index (κ2) is 9.62. The van der Waals surface area contributed by atoms with Crippen molar-refractivity contribution in [1.82, 2.24) is 15.5 Å². The van der Waals surface area contributed by atoms with E-state index in [9.17, 15) is 32.3 Å².